The standard InChI is InChI=1S/C14H15BrN2OS/c1-8-13(19-10(3)16-8)9(2)17-14(18)11-4-6-12(15)7-5-11/h4-7,9H,1-3H3,(H,17,18). The number of benzene rings is 1. The minimum absolute atomic E-state index is 0.0256. The molecule has 0 aliphatic carbocycles. The number of rotatable bonds is 3. The average molecular weight is 339 g/mol. The zero-order valence-electron chi connectivity index (χ0n) is 11.0. The second-order valence-corrected chi connectivity index (χ2v) is 6.54. The number of aryl methyl sites for hydroxylation is 2. The van der Waals surface area contributed by atoms with E-state index in [0.29, 0.717) is 5.56 Å². The first-order valence-electron chi connectivity index (χ1n) is 5.97. The van der Waals surface area contributed by atoms with Gasteiger partial charge >= 0.3 is 0 Å². The van der Waals surface area contributed by atoms with Gasteiger partial charge in [-0.25, -0.2) is 4.98 Å². The smallest absolute Gasteiger partial charge is 0.251 e. The molecule has 2 aromatic rings. The van der Waals surface area contributed by atoms with Crippen LogP contribution < -0.4 is 5.32 Å². The SMILES string of the molecule is Cc1nc(C)c(C(C)NC(=O)c2ccc(Br)cc2)s1. The maximum absolute atomic E-state index is 12.1. The number of halogens is 1. The fraction of sp³-hybridized carbons (Fsp3) is 0.286. The van der Waals surface area contributed by atoms with Crippen LogP contribution in [0.1, 0.15) is 38.9 Å². The van der Waals surface area contributed by atoms with Gasteiger partial charge in [0.1, 0.15) is 0 Å². The van der Waals surface area contributed by atoms with Crippen LogP contribution in [0.5, 0.6) is 0 Å². The van der Waals surface area contributed by atoms with E-state index < -0.39 is 0 Å². The van der Waals surface area contributed by atoms with Crippen LogP contribution in [0.15, 0.2) is 28.7 Å². The van der Waals surface area contributed by atoms with Gasteiger partial charge in [-0.3, -0.25) is 4.79 Å². The van der Waals surface area contributed by atoms with Gasteiger partial charge in [0, 0.05) is 14.9 Å². The lowest BCUT2D eigenvalue weighted by atomic mass is 10.2. The third-order valence-electron chi connectivity index (χ3n) is 2.79. The summed E-state index contributed by atoms with van der Waals surface area (Å²) in [6, 6.07) is 7.30. The highest BCUT2D eigenvalue weighted by molar-refractivity contribution is 9.10. The van der Waals surface area contributed by atoms with E-state index >= 15 is 0 Å². The van der Waals surface area contributed by atoms with Crippen LogP contribution in [0.25, 0.3) is 0 Å². The lowest BCUT2D eigenvalue weighted by Crippen LogP contribution is -2.26. The van der Waals surface area contributed by atoms with Crippen molar-refractivity contribution in [2.24, 2.45) is 0 Å². The number of hydrogen-bond acceptors (Lipinski definition) is 3. The van der Waals surface area contributed by atoms with E-state index in [1.165, 1.54) is 0 Å². The van der Waals surface area contributed by atoms with E-state index in [2.05, 4.69) is 26.2 Å². The highest BCUT2D eigenvalue weighted by Gasteiger charge is 2.16. The minimum atomic E-state index is -0.0644. The number of hydrogen-bond donors (Lipinski definition) is 1. The summed E-state index contributed by atoms with van der Waals surface area (Å²) in [6.07, 6.45) is 0. The molecule has 0 radical (unpaired) electrons. The Labute approximate surface area is 125 Å². The van der Waals surface area contributed by atoms with Crippen molar-refractivity contribution < 1.29 is 4.79 Å². The molecule has 1 aromatic carbocycles. The maximum Gasteiger partial charge on any atom is 0.251 e. The third-order valence-corrected chi connectivity index (χ3v) is 4.57. The van der Waals surface area contributed by atoms with Crippen LogP contribution in [0.4, 0.5) is 0 Å². The summed E-state index contributed by atoms with van der Waals surface area (Å²) < 4.78 is 0.964. The summed E-state index contributed by atoms with van der Waals surface area (Å²) in [4.78, 5) is 17.6. The number of amides is 1. The molecular weight excluding hydrogens is 324 g/mol. The van der Waals surface area contributed by atoms with Gasteiger partial charge in [-0.1, -0.05) is 15.9 Å². The molecule has 1 aromatic heterocycles. The van der Waals surface area contributed by atoms with Crippen molar-refractivity contribution in [1.29, 1.82) is 0 Å². The molecule has 2 rings (SSSR count). The number of aromatic nitrogens is 1. The first kappa shape index (κ1) is 14.2. The van der Waals surface area contributed by atoms with E-state index in [4.69, 9.17) is 0 Å². The summed E-state index contributed by atoms with van der Waals surface area (Å²) in [5.74, 6) is -0.0644. The Morgan fingerprint density at radius 3 is 2.47 bits per heavy atom. The normalized spacial score (nSPS) is 12.2. The molecule has 0 saturated heterocycles. The predicted octanol–water partition coefficient (Wildman–Crippen LogP) is 4.01. The van der Waals surface area contributed by atoms with Gasteiger partial charge in [0.25, 0.3) is 5.91 Å². The third kappa shape index (κ3) is 3.42. The lowest BCUT2D eigenvalue weighted by molar-refractivity contribution is 0.0940. The Kier molecular flexibility index (Phi) is 4.37. The molecule has 3 nitrogen and oxygen atoms in total. The van der Waals surface area contributed by atoms with Gasteiger partial charge in [-0.2, -0.15) is 0 Å². The zero-order chi connectivity index (χ0) is 14.0. The predicted molar refractivity (Wildman–Crippen MR) is 81.6 cm³/mol. The molecule has 100 valence electrons. The van der Waals surface area contributed by atoms with E-state index in [1.807, 2.05) is 32.9 Å². The molecule has 1 heterocycles. The number of carbonyl (C=O) groups is 1. The molecule has 1 unspecified atom stereocenters. The van der Waals surface area contributed by atoms with Crippen molar-refractivity contribution in [3.8, 4) is 0 Å². The Bertz CT molecular complexity index is 592. The van der Waals surface area contributed by atoms with Crippen LogP contribution >= 0.6 is 27.3 Å². The second kappa shape index (κ2) is 5.84. The summed E-state index contributed by atoms with van der Waals surface area (Å²) in [5.41, 5.74) is 1.65. The van der Waals surface area contributed by atoms with Crippen LogP contribution in [-0.2, 0) is 0 Å². The number of nitrogens with zero attached hydrogens (tertiary/aromatic N) is 1. The first-order valence-corrected chi connectivity index (χ1v) is 7.58. The molecule has 0 aliphatic rings. The molecule has 19 heavy (non-hydrogen) atoms. The summed E-state index contributed by atoms with van der Waals surface area (Å²) in [6.45, 7) is 5.93. The van der Waals surface area contributed by atoms with Crippen LogP contribution in [-0.4, -0.2) is 10.9 Å². The summed E-state index contributed by atoms with van der Waals surface area (Å²) in [7, 11) is 0. The van der Waals surface area contributed by atoms with Crippen molar-refractivity contribution >= 4 is 33.2 Å². The van der Waals surface area contributed by atoms with Crippen LogP contribution in [0.3, 0.4) is 0 Å². The molecule has 0 fully saturated rings. The van der Waals surface area contributed by atoms with E-state index in [9.17, 15) is 4.79 Å². The highest BCUT2D eigenvalue weighted by Crippen LogP contribution is 2.24. The Morgan fingerprint density at radius 1 is 1.32 bits per heavy atom. The fourth-order valence-corrected chi connectivity index (χ4v) is 3.09. The summed E-state index contributed by atoms with van der Waals surface area (Å²) >= 11 is 4.98. The average Bonchev–Trinajstić information content (AvgIpc) is 2.69. The number of thiazole rings is 1. The molecule has 0 saturated carbocycles. The Balaban J connectivity index is 2.10. The van der Waals surface area contributed by atoms with Crippen LogP contribution in [0, 0.1) is 13.8 Å². The minimum Gasteiger partial charge on any atom is -0.345 e. The Morgan fingerprint density at radius 2 is 1.95 bits per heavy atom. The van der Waals surface area contributed by atoms with Crippen LogP contribution in [0.2, 0.25) is 0 Å². The number of nitrogens with one attached hydrogen (secondary N) is 1. The molecule has 1 N–H and O–H groups in total. The van der Waals surface area contributed by atoms with Crippen molar-refractivity contribution in [2.45, 2.75) is 26.8 Å². The zero-order valence-corrected chi connectivity index (χ0v) is 13.4. The first-order chi connectivity index (χ1) is 8.97. The molecule has 0 spiro atoms. The molecular formula is C14H15BrN2OS. The largest absolute Gasteiger partial charge is 0.345 e. The highest BCUT2D eigenvalue weighted by atomic mass is 79.9. The monoisotopic (exact) mass is 338 g/mol. The van der Waals surface area contributed by atoms with Crippen molar-refractivity contribution in [2.75, 3.05) is 0 Å². The Hall–Kier alpha value is -1.20. The van der Waals surface area contributed by atoms with Crippen molar-refractivity contribution in [1.82, 2.24) is 10.3 Å². The number of carbonyl (C=O) groups excluding carboxylic acids is 1. The maximum atomic E-state index is 12.1. The van der Waals surface area contributed by atoms with Gasteiger partial charge in [0.2, 0.25) is 0 Å². The van der Waals surface area contributed by atoms with Crippen molar-refractivity contribution in [3.05, 3.63) is 49.9 Å². The molecule has 0 aliphatic heterocycles. The second-order valence-electron chi connectivity index (χ2n) is 4.38. The van der Waals surface area contributed by atoms with E-state index in [1.54, 1.807) is 23.5 Å². The van der Waals surface area contributed by atoms with Gasteiger partial charge in [-0.05, 0) is 45.0 Å². The van der Waals surface area contributed by atoms with Gasteiger partial charge < -0.3 is 5.32 Å². The van der Waals surface area contributed by atoms with Gasteiger partial charge in [-0.15, -0.1) is 11.3 Å². The van der Waals surface area contributed by atoms with E-state index in [0.717, 1.165) is 20.1 Å². The molecule has 5 heteroatoms. The van der Waals surface area contributed by atoms with Crippen molar-refractivity contribution in [3.63, 3.8) is 0 Å². The topological polar surface area (TPSA) is 42.0 Å². The molecule has 1 amide bonds. The van der Waals surface area contributed by atoms with E-state index in [-0.39, 0.29) is 11.9 Å². The summed E-state index contributed by atoms with van der Waals surface area (Å²) in [5, 5.41) is 4.03. The molecule has 1 atom stereocenters. The van der Waals surface area contributed by atoms with Gasteiger partial charge in [0.15, 0.2) is 0 Å². The molecule has 0 bridgehead atoms. The lowest BCUT2D eigenvalue weighted by Gasteiger charge is -2.13. The quantitative estimate of drug-likeness (QED) is 0.918. The fourth-order valence-electron chi connectivity index (χ4n) is 1.90. The van der Waals surface area contributed by atoms with Gasteiger partial charge in [0.05, 0.1) is 16.7 Å².